The molecule has 20 heavy (non-hydrogen) atoms. The Labute approximate surface area is 122 Å². The molecule has 0 aliphatic carbocycles. The highest BCUT2D eigenvalue weighted by Gasteiger charge is 2.46. The normalized spacial score (nSPS) is 23.1. The van der Waals surface area contributed by atoms with E-state index in [2.05, 4.69) is 60.5 Å². The van der Waals surface area contributed by atoms with E-state index < -0.39 is 0 Å². The van der Waals surface area contributed by atoms with Gasteiger partial charge in [0.15, 0.2) is 0 Å². The lowest BCUT2D eigenvalue weighted by Crippen LogP contribution is -2.50. The van der Waals surface area contributed by atoms with Crippen molar-refractivity contribution in [1.29, 1.82) is 0 Å². The average Bonchev–Trinajstić information content (AvgIpc) is 2.77. The zero-order chi connectivity index (χ0) is 14.5. The van der Waals surface area contributed by atoms with Gasteiger partial charge in [0, 0.05) is 24.8 Å². The summed E-state index contributed by atoms with van der Waals surface area (Å²) in [5.41, 5.74) is 2.42. The van der Waals surface area contributed by atoms with Crippen molar-refractivity contribution in [3.63, 3.8) is 0 Å². The van der Waals surface area contributed by atoms with Crippen LogP contribution in [0.15, 0.2) is 23.5 Å². The fourth-order valence-corrected chi connectivity index (χ4v) is 3.83. The van der Waals surface area contributed by atoms with Crippen LogP contribution in [0.3, 0.4) is 0 Å². The molecule has 0 saturated carbocycles. The Bertz CT molecular complexity index is 619. The Kier molecular flexibility index (Phi) is 3.17. The lowest BCUT2D eigenvalue weighted by atomic mass is 9.75. The third kappa shape index (κ3) is 1.89. The number of aliphatic imine (C=N–C) groups is 1. The van der Waals surface area contributed by atoms with Gasteiger partial charge in [-0.15, -0.1) is 8.58 Å². The maximum absolute atomic E-state index is 4.80. The Hall–Kier alpha value is -1.28. The number of fused-ring (bicyclic) bond motifs is 2. The second kappa shape index (κ2) is 4.63. The minimum atomic E-state index is 0.0219. The van der Waals surface area contributed by atoms with Crippen molar-refractivity contribution >= 4 is 20.1 Å². The number of nitrogens with zero attached hydrogens (tertiary/aromatic N) is 4. The predicted molar refractivity (Wildman–Crippen MR) is 84.1 cm³/mol. The van der Waals surface area contributed by atoms with Crippen LogP contribution >= 0.6 is 8.58 Å². The highest BCUT2D eigenvalue weighted by Crippen LogP contribution is 2.42. The zero-order valence-corrected chi connectivity index (χ0v) is 13.8. The minimum absolute atomic E-state index is 0.0219. The topological polar surface area (TPSA) is 32.4 Å². The smallest absolute Gasteiger partial charge is 0.297 e. The first-order valence-corrected chi connectivity index (χ1v) is 8.70. The van der Waals surface area contributed by atoms with E-state index in [9.17, 15) is 0 Å². The third-order valence-corrected chi connectivity index (χ3v) is 5.03. The molecule has 0 fully saturated rings. The van der Waals surface area contributed by atoms with Crippen molar-refractivity contribution in [2.45, 2.75) is 32.2 Å². The molecule has 0 amide bonds. The van der Waals surface area contributed by atoms with Gasteiger partial charge in [-0.3, -0.25) is 0 Å². The van der Waals surface area contributed by atoms with Gasteiger partial charge in [-0.1, -0.05) is 13.8 Å². The molecule has 0 saturated heterocycles. The summed E-state index contributed by atoms with van der Waals surface area (Å²) in [5, 5.41) is 0. The van der Waals surface area contributed by atoms with Gasteiger partial charge in [0.2, 0.25) is 0 Å². The Morgan fingerprint density at radius 3 is 2.90 bits per heavy atom. The van der Waals surface area contributed by atoms with Crippen molar-refractivity contribution in [1.82, 2.24) is 9.88 Å². The monoisotopic (exact) mass is 289 g/mol. The summed E-state index contributed by atoms with van der Waals surface area (Å²) in [5.74, 6) is 1.89. The predicted octanol–water partition coefficient (Wildman–Crippen LogP) is 2.04. The maximum Gasteiger partial charge on any atom is 0.297 e. The number of aryl methyl sites for hydroxylation is 2. The molecule has 2 aliphatic rings. The van der Waals surface area contributed by atoms with E-state index in [4.69, 9.17) is 4.99 Å². The van der Waals surface area contributed by atoms with Crippen LogP contribution in [0.2, 0.25) is 0 Å². The van der Waals surface area contributed by atoms with Crippen LogP contribution in [0.25, 0.3) is 0 Å². The second-order valence-electron chi connectivity index (χ2n) is 6.14. The van der Waals surface area contributed by atoms with Crippen LogP contribution in [0, 0.1) is 6.92 Å². The molecular formula is C15H22N4P+. The van der Waals surface area contributed by atoms with Crippen LogP contribution in [0.5, 0.6) is 0 Å². The van der Waals surface area contributed by atoms with E-state index in [1.165, 1.54) is 5.56 Å². The van der Waals surface area contributed by atoms with Gasteiger partial charge in [0.05, 0.1) is 24.4 Å². The first kappa shape index (κ1) is 13.7. The summed E-state index contributed by atoms with van der Waals surface area (Å²) in [6.07, 6.45) is 7.65. The van der Waals surface area contributed by atoms with E-state index in [1.807, 2.05) is 6.92 Å². The summed E-state index contributed by atoms with van der Waals surface area (Å²) >= 11 is 0. The molecular weight excluding hydrogens is 267 g/mol. The Morgan fingerprint density at radius 2 is 2.20 bits per heavy atom. The first-order chi connectivity index (χ1) is 9.45. The largest absolute Gasteiger partial charge is 0.364 e. The number of hydrogen-bond acceptors (Lipinski definition) is 3. The van der Waals surface area contributed by atoms with E-state index in [0.717, 1.165) is 32.2 Å². The van der Waals surface area contributed by atoms with Crippen molar-refractivity contribution in [3.05, 3.63) is 29.9 Å². The SMILES string of the molecule is CPCN1C=CC2=Nc3nc(C)[n+](C)cc3C(C)(C)C21. The lowest BCUT2D eigenvalue weighted by molar-refractivity contribution is -0.681. The van der Waals surface area contributed by atoms with Crippen LogP contribution in [-0.2, 0) is 12.5 Å². The van der Waals surface area contributed by atoms with Gasteiger partial charge in [-0.2, -0.15) is 0 Å². The van der Waals surface area contributed by atoms with Crippen LogP contribution in [-0.4, -0.2) is 34.6 Å². The quantitative estimate of drug-likeness (QED) is 0.616. The Balaban J connectivity index is 2.14. The fourth-order valence-electron chi connectivity index (χ4n) is 3.17. The van der Waals surface area contributed by atoms with Gasteiger partial charge in [-0.05, 0) is 17.7 Å². The van der Waals surface area contributed by atoms with E-state index in [1.54, 1.807) is 0 Å². The average molecular weight is 289 g/mol. The number of rotatable bonds is 2. The molecule has 1 aromatic heterocycles. The van der Waals surface area contributed by atoms with Crippen LogP contribution in [0.1, 0.15) is 25.2 Å². The summed E-state index contributed by atoms with van der Waals surface area (Å²) in [6, 6.07) is 0.340. The van der Waals surface area contributed by atoms with Crippen molar-refractivity contribution in [3.8, 4) is 0 Å². The molecule has 1 aromatic rings. The maximum atomic E-state index is 4.80. The summed E-state index contributed by atoms with van der Waals surface area (Å²) in [4.78, 5) is 11.9. The van der Waals surface area contributed by atoms with Gasteiger partial charge < -0.3 is 4.90 Å². The molecule has 0 N–H and O–H groups in total. The van der Waals surface area contributed by atoms with Crippen LogP contribution < -0.4 is 4.57 Å². The molecule has 2 atom stereocenters. The standard InChI is InChI=1S/C15H22N4P/c1-10-16-14-11(8-18(10)4)15(2,3)13-12(17-14)6-7-19(13)9-20-5/h6-8,13,20H,9H2,1-5H3/q+1. The molecule has 0 bridgehead atoms. The van der Waals surface area contributed by atoms with Crippen LogP contribution in [0.4, 0.5) is 5.82 Å². The van der Waals surface area contributed by atoms with E-state index >= 15 is 0 Å². The van der Waals surface area contributed by atoms with Crippen molar-refractivity contribution in [2.75, 3.05) is 13.0 Å². The molecule has 3 rings (SSSR count). The molecule has 0 radical (unpaired) electrons. The molecule has 5 heteroatoms. The highest BCUT2D eigenvalue weighted by molar-refractivity contribution is 7.36. The van der Waals surface area contributed by atoms with Crippen molar-refractivity contribution in [2.24, 2.45) is 12.0 Å². The van der Waals surface area contributed by atoms with Crippen molar-refractivity contribution < 1.29 is 4.57 Å². The van der Waals surface area contributed by atoms with E-state index in [-0.39, 0.29) is 5.41 Å². The molecule has 0 aromatic carbocycles. The Morgan fingerprint density at radius 1 is 1.45 bits per heavy atom. The van der Waals surface area contributed by atoms with Gasteiger partial charge in [0.1, 0.15) is 6.20 Å². The molecule has 4 nitrogen and oxygen atoms in total. The molecule has 0 spiro atoms. The third-order valence-electron chi connectivity index (χ3n) is 4.34. The van der Waals surface area contributed by atoms with Gasteiger partial charge in [0.25, 0.3) is 11.6 Å². The molecule has 2 unspecified atom stereocenters. The molecule has 106 valence electrons. The van der Waals surface area contributed by atoms with E-state index in [0.29, 0.717) is 6.04 Å². The number of aromatic nitrogens is 2. The van der Waals surface area contributed by atoms with Gasteiger partial charge >= 0.3 is 0 Å². The lowest BCUT2D eigenvalue weighted by Gasteiger charge is -2.40. The molecule has 2 aliphatic heterocycles. The zero-order valence-electron chi connectivity index (χ0n) is 12.8. The number of hydrogen-bond donors (Lipinski definition) is 0. The summed E-state index contributed by atoms with van der Waals surface area (Å²) in [6.45, 7) is 8.88. The van der Waals surface area contributed by atoms with Gasteiger partial charge in [-0.25, -0.2) is 9.56 Å². The minimum Gasteiger partial charge on any atom is -0.364 e. The molecule has 3 heterocycles. The first-order valence-electron chi connectivity index (χ1n) is 7.00. The second-order valence-corrected chi connectivity index (χ2v) is 7.16. The highest BCUT2D eigenvalue weighted by atomic mass is 31.1. The fraction of sp³-hybridized carbons (Fsp3) is 0.533. The summed E-state index contributed by atoms with van der Waals surface area (Å²) in [7, 11) is 2.97. The summed E-state index contributed by atoms with van der Waals surface area (Å²) < 4.78 is 2.09.